The van der Waals surface area contributed by atoms with Crippen LogP contribution in [0, 0.1) is 0 Å². The van der Waals surface area contributed by atoms with Crippen molar-refractivity contribution < 1.29 is 19.1 Å². The maximum atomic E-state index is 11.0. The van der Waals surface area contributed by atoms with Gasteiger partial charge in [-0.3, -0.25) is 14.9 Å². The number of allylic oxidation sites excluding steroid dienone is 1. The molecule has 5 heteroatoms. The average molecular weight is 197 g/mol. The molecule has 1 rings (SSSR count). The molecule has 1 aliphatic rings. The van der Waals surface area contributed by atoms with Crippen molar-refractivity contribution in [3.05, 3.63) is 12.2 Å². The first-order chi connectivity index (χ1) is 6.63. The fourth-order valence-corrected chi connectivity index (χ4v) is 1.02. The fraction of sp³-hybridized carbons (Fsp3) is 0.444. The van der Waals surface area contributed by atoms with Crippen LogP contribution in [0.4, 0.5) is 0 Å². The molecule has 1 fully saturated rings. The highest BCUT2D eigenvalue weighted by atomic mass is 16.5. The quantitative estimate of drug-likeness (QED) is 0.390. The molecule has 0 bridgehead atoms. The van der Waals surface area contributed by atoms with E-state index in [-0.39, 0.29) is 6.42 Å². The topological polar surface area (TPSA) is 72.5 Å². The standard InChI is InChI=1S/C9H11NO4/c1-2-3-4-8(12)14-6-5-7(11)10-9(6)13/h3-4,6H,2,5H2,1H3,(H,10,11,13). The predicted molar refractivity (Wildman–Crippen MR) is 47.1 cm³/mol. The van der Waals surface area contributed by atoms with E-state index < -0.39 is 23.9 Å². The minimum atomic E-state index is -0.962. The zero-order chi connectivity index (χ0) is 10.6. The molecule has 76 valence electrons. The van der Waals surface area contributed by atoms with Crippen molar-refractivity contribution in [3.8, 4) is 0 Å². The molecule has 0 spiro atoms. The molecule has 1 unspecified atom stereocenters. The largest absolute Gasteiger partial charge is 0.449 e. The summed E-state index contributed by atoms with van der Waals surface area (Å²) in [6, 6.07) is 0. The van der Waals surface area contributed by atoms with Crippen molar-refractivity contribution >= 4 is 17.8 Å². The van der Waals surface area contributed by atoms with E-state index in [1.54, 1.807) is 6.08 Å². The van der Waals surface area contributed by atoms with Crippen LogP contribution in [0.3, 0.4) is 0 Å². The van der Waals surface area contributed by atoms with Crippen molar-refractivity contribution in [1.29, 1.82) is 0 Å². The maximum Gasteiger partial charge on any atom is 0.331 e. The van der Waals surface area contributed by atoms with Crippen molar-refractivity contribution in [1.82, 2.24) is 5.32 Å². The minimum absolute atomic E-state index is 0.0788. The van der Waals surface area contributed by atoms with Gasteiger partial charge in [-0.1, -0.05) is 13.0 Å². The second-order valence-corrected chi connectivity index (χ2v) is 2.85. The number of amides is 2. The molecule has 0 aromatic heterocycles. The maximum absolute atomic E-state index is 11.0. The van der Waals surface area contributed by atoms with E-state index in [2.05, 4.69) is 0 Å². The Kier molecular flexibility index (Phi) is 3.39. The molecule has 0 radical (unpaired) electrons. The lowest BCUT2D eigenvalue weighted by molar-refractivity contribution is -0.149. The van der Waals surface area contributed by atoms with Gasteiger partial charge in [0.25, 0.3) is 5.91 Å². The molecule has 1 N–H and O–H groups in total. The zero-order valence-corrected chi connectivity index (χ0v) is 7.78. The first-order valence-electron chi connectivity index (χ1n) is 4.34. The fourth-order valence-electron chi connectivity index (χ4n) is 1.02. The summed E-state index contributed by atoms with van der Waals surface area (Å²) in [5.41, 5.74) is 0. The van der Waals surface area contributed by atoms with E-state index in [1.165, 1.54) is 6.08 Å². The summed E-state index contributed by atoms with van der Waals surface area (Å²) in [7, 11) is 0. The first kappa shape index (κ1) is 10.4. The molecule has 0 aromatic carbocycles. The van der Waals surface area contributed by atoms with Gasteiger partial charge >= 0.3 is 5.97 Å². The van der Waals surface area contributed by atoms with E-state index >= 15 is 0 Å². The molecular formula is C9H11NO4. The molecule has 14 heavy (non-hydrogen) atoms. The van der Waals surface area contributed by atoms with Crippen LogP contribution in [-0.4, -0.2) is 23.9 Å². The van der Waals surface area contributed by atoms with Crippen molar-refractivity contribution in [3.63, 3.8) is 0 Å². The molecule has 0 aromatic rings. The van der Waals surface area contributed by atoms with Crippen molar-refractivity contribution in [2.75, 3.05) is 0 Å². The third-order valence-corrected chi connectivity index (χ3v) is 1.67. The second-order valence-electron chi connectivity index (χ2n) is 2.85. The summed E-state index contributed by atoms with van der Waals surface area (Å²) in [5.74, 6) is -1.55. The average Bonchev–Trinajstić information content (AvgIpc) is 2.42. The highest BCUT2D eigenvalue weighted by molar-refractivity contribution is 6.05. The van der Waals surface area contributed by atoms with Gasteiger partial charge in [0.1, 0.15) is 0 Å². The van der Waals surface area contributed by atoms with Gasteiger partial charge in [-0.15, -0.1) is 0 Å². The van der Waals surface area contributed by atoms with Gasteiger partial charge in [0, 0.05) is 6.08 Å². The highest BCUT2D eigenvalue weighted by Crippen LogP contribution is 2.06. The number of hydrogen-bond donors (Lipinski definition) is 1. The molecule has 1 heterocycles. The summed E-state index contributed by atoms with van der Waals surface area (Å²) in [4.78, 5) is 32.7. The number of rotatable bonds is 3. The molecule has 1 atom stereocenters. The Balaban J connectivity index is 2.45. The van der Waals surface area contributed by atoms with Gasteiger partial charge in [-0.25, -0.2) is 4.79 Å². The number of esters is 1. The number of ether oxygens (including phenoxy) is 1. The number of imide groups is 1. The molecule has 5 nitrogen and oxygen atoms in total. The third kappa shape index (κ3) is 2.69. The first-order valence-corrected chi connectivity index (χ1v) is 4.34. The Hall–Kier alpha value is -1.65. The van der Waals surface area contributed by atoms with Crippen LogP contribution >= 0.6 is 0 Å². The van der Waals surface area contributed by atoms with E-state index in [0.29, 0.717) is 6.42 Å². The van der Waals surface area contributed by atoms with Crippen LogP contribution in [0.5, 0.6) is 0 Å². The van der Waals surface area contributed by atoms with E-state index in [0.717, 1.165) is 0 Å². The lowest BCUT2D eigenvalue weighted by atomic mass is 10.3. The Morgan fingerprint density at radius 1 is 1.64 bits per heavy atom. The van der Waals surface area contributed by atoms with Crippen molar-refractivity contribution in [2.24, 2.45) is 0 Å². The van der Waals surface area contributed by atoms with Crippen LogP contribution in [0.25, 0.3) is 0 Å². The molecule has 1 aliphatic heterocycles. The molecular weight excluding hydrogens is 186 g/mol. The Morgan fingerprint density at radius 2 is 2.36 bits per heavy atom. The van der Waals surface area contributed by atoms with Crippen LogP contribution in [0.1, 0.15) is 19.8 Å². The Morgan fingerprint density at radius 3 is 2.86 bits per heavy atom. The smallest absolute Gasteiger partial charge is 0.331 e. The monoisotopic (exact) mass is 197 g/mol. The van der Waals surface area contributed by atoms with Gasteiger partial charge in [0.2, 0.25) is 5.91 Å². The summed E-state index contributed by atoms with van der Waals surface area (Å²) >= 11 is 0. The van der Waals surface area contributed by atoms with E-state index in [4.69, 9.17) is 4.74 Å². The summed E-state index contributed by atoms with van der Waals surface area (Å²) in [5, 5.41) is 2.05. The lowest BCUT2D eigenvalue weighted by Gasteiger charge is -2.05. The third-order valence-electron chi connectivity index (χ3n) is 1.67. The van der Waals surface area contributed by atoms with Crippen LogP contribution in [-0.2, 0) is 19.1 Å². The zero-order valence-electron chi connectivity index (χ0n) is 7.78. The lowest BCUT2D eigenvalue weighted by Crippen LogP contribution is -2.27. The highest BCUT2D eigenvalue weighted by Gasteiger charge is 2.33. The van der Waals surface area contributed by atoms with Gasteiger partial charge in [0.15, 0.2) is 6.10 Å². The van der Waals surface area contributed by atoms with Crippen LogP contribution in [0.2, 0.25) is 0 Å². The summed E-state index contributed by atoms with van der Waals surface area (Å²) in [6.45, 7) is 1.87. The summed E-state index contributed by atoms with van der Waals surface area (Å²) in [6.07, 6.45) is 2.54. The Labute approximate surface area is 81.1 Å². The SMILES string of the molecule is CCC=CC(=O)OC1CC(=O)NC1=O. The van der Waals surface area contributed by atoms with Gasteiger partial charge < -0.3 is 4.74 Å². The van der Waals surface area contributed by atoms with Crippen LogP contribution < -0.4 is 5.32 Å². The van der Waals surface area contributed by atoms with Gasteiger partial charge in [-0.2, -0.15) is 0 Å². The normalized spacial score (nSPS) is 21.4. The van der Waals surface area contributed by atoms with Crippen LogP contribution in [0.15, 0.2) is 12.2 Å². The number of carbonyl (C=O) groups is 3. The summed E-state index contributed by atoms with van der Waals surface area (Å²) < 4.78 is 4.74. The van der Waals surface area contributed by atoms with Crippen molar-refractivity contribution in [2.45, 2.75) is 25.9 Å². The number of hydrogen-bond acceptors (Lipinski definition) is 4. The number of nitrogens with one attached hydrogen (secondary N) is 1. The number of carbonyl (C=O) groups excluding carboxylic acids is 3. The molecule has 0 saturated carbocycles. The second kappa shape index (κ2) is 4.55. The van der Waals surface area contributed by atoms with Gasteiger partial charge in [0.05, 0.1) is 6.42 Å². The molecule has 0 aliphatic carbocycles. The molecule has 1 saturated heterocycles. The van der Waals surface area contributed by atoms with E-state index in [1.807, 2.05) is 12.2 Å². The van der Waals surface area contributed by atoms with Gasteiger partial charge in [-0.05, 0) is 6.42 Å². The molecule has 2 amide bonds. The van der Waals surface area contributed by atoms with E-state index in [9.17, 15) is 14.4 Å². The Bertz CT molecular complexity index is 295. The minimum Gasteiger partial charge on any atom is -0.449 e. The predicted octanol–water partition coefficient (Wildman–Crippen LogP) is -0.0891.